The van der Waals surface area contributed by atoms with Crippen LogP contribution in [0, 0.1) is 5.41 Å². The van der Waals surface area contributed by atoms with Gasteiger partial charge in [0, 0.05) is 18.8 Å². The lowest BCUT2D eigenvalue weighted by Crippen LogP contribution is -2.42. The Morgan fingerprint density at radius 1 is 1.05 bits per heavy atom. The number of hydrogen-bond acceptors (Lipinski definition) is 3. The predicted molar refractivity (Wildman–Crippen MR) is 85.0 cm³/mol. The van der Waals surface area contributed by atoms with E-state index in [0.717, 1.165) is 57.4 Å². The van der Waals surface area contributed by atoms with Crippen molar-refractivity contribution in [1.82, 2.24) is 10.2 Å². The normalized spacial score (nSPS) is 10.3. The van der Waals surface area contributed by atoms with Crippen LogP contribution >= 0.6 is 11.8 Å². The average Bonchev–Trinajstić information content (AvgIpc) is 2.39. The molecule has 0 heterocycles. The van der Waals surface area contributed by atoms with Crippen molar-refractivity contribution in [1.29, 1.82) is 5.41 Å². The highest BCUT2D eigenvalue weighted by molar-refractivity contribution is 8.13. The van der Waals surface area contributed by atoms with Gasteiger partial charge in [-0.15, -0.1) is 0 Å². The van der Waals surface area contributed by atoms with Gasteiger partial charge in [-0.1, -0.05) is 51.8 Å². The maximum Gasteiger partial charge on any atom is 0.323 e. The molecular weight excluding hydrogens is 258 g/mol. The average molecular weight is 287 g/mol. The fourth-order valence-electron chi connectivity index (χ4n) is 1.54. The van der Waals surface area contributed by atoms with E-state index in [9.17, 15) is 4.79 Å². The van der Waals surface area contributed by atoms with Crippen molar-refractivity contribution < 1.29 is 4.79 Å². The molecule has 0 rings (SSSR count). The fourth-order valence-corrected chi connectivity index (χ4v) is 2.34. The van der Waals surface area contributed by atoms with E-state index < -0.39 is 0 Å². The number of amidine groups is 1. The number of nitrogens with one attached hydrogen (secondary N) is 2. The van der Waals surface area contributed by atoms with Crippen LogP contribution in [0.4, 0.5) is 4.79 Å². The summed E-state index contributed by atoms with van der Waals surface area (Å²) < 4.78 is 0. The van der Waals surface area contributed by atoms with Crippen LogP contribution in [0.5, 0.6) is 0 Å². The first kappa shape index (κ1) is 18.3. The number of amides is 2. The Kier molecular flexibility index (Phi) is 11.9. The Bertz CT molecular complexity index is 251. The number of hydrogen-bond donors (Lipinski definition) is 2. The number of unbranched alkanes of at least 4 members (excludes halogenated alkanes) is 3. The smallest absolute Gasteiger partial charge is 0.323 e. The molecule has 0 radical (unpaired) electrons. The first-order valence-corrected chi connectivity index (χ1v) is 8.41. The van der Waals surface area contributed by atoms with Crippen molar-refractivity contribution in [3.63, 3.8) is 0 Å². The summed E-state index contributed by atoms with van der Waals surface area (Å²) in [4.78, 5) is 13.9. The monoisotopic (exact) mass is 287 g/mol. The molecule has 0 spiro atoms. The van der Waals surface area contributed by atoms with Crippen molar-refractivity contribution in [3.8, 4) is 0 Å². The van der Waals surface area contributed by atoms with Gasteiger partial charge >= 0.3 is 6.03 Å². The van der Waals surface area contributed by atoms with Crippen molar-refractivity contribution in [2.24, 2.45) is 0 Å². The third-order valence-electron chi connectivity index (χ3n) is 2.82. The molecule has 0 bridgehead atoms. The van der Waals surface area contributed by atoms with Gasteiger partial charge in [0.2, 0.25) is 0 Å². The summed E-state index contributed by atoms with van der Waals surface area (Å²) in [6, 6.07) is -0.115. The highest BCUT2D eigenvalue weighted by Gasteiger charge is 2.13. The molecule has 0 aliphatic heterocycles. The summed E-state index contributed by atoms with van der Waals surface area (Å²) in [5, 5.41) is 10.7. The van der Waals surface area contributed by atoms with Crippen molar-refractivity contribution in [3.05, 3.63) is 0 Å². The SMILES string of the molecule is CCCCSC(=N)NC(=O)N(CCCC)CCCC. The molecule has 0 aliphatic carbocycles. The van der Waals surface area contributed by atoms with Crippen LogP contribution < -0.4 is 5.32 Å². The number of thioether (sulfide) groups is 1. The van der Waals surface area contributed by atoms with E-state index in [2.05, 4.69) is 26.1 Å². The first-order chi connectivity index (χ1) is 9.15. The van der Waals surface area contributed by atoms with E-state index in [0.29, 0.717) is 0 Å². The van der Waals surface area contributed by atoms with Gasteiger partial charge in [0.1, 0.15) is 0 Å². The molecule has 0 aromatic carbocycles. The molecule has 4 nitrogen and oxygen atoms in total. The Morgan fingerprint density at radius 2 is 1.58 bits per heavy atom. The molecule has 5 heteroatoms. The quantitative estimate of drug-likeness (QED) is 0.381. The van der Waals surface area contributed by atoms with Crippen LogP contribution in [0.1, 0.15) is 59.3 Å². The fraction of sp³-hybridized carbons (Fsp3) is 0.857. The topological polar surface area (TPSA) is 56.2 Å². The predicted octanol–water partition coefficient (Wildman–Crippen LogP) is 4.07. The van der Waals surface area contributed by atoms with Crippen LogP contribution in [0.25, 0.3) is 0 Å². The molecule has 0 aromatic heterocycles. The number of urea groups is 1. The lowest BCUT2D eigenvalue weighted by molar-refractivity contribution is 0.201. The van der Waals surface area contributed by atoms with Crippen molar-refractivity contribution in [2.75, 3.05) is 18.8 Å². The second-order valence-electron chi connectivity index (χ2n) is 4.66. The summed E-state index contributed by atoms with van der Waals surface area (Å²) in [6.45, 7) is 7.95. The molecule has 0 aromatic rings. The molecular formula is C14H29N3OS. The Morgan fingerprint density at radius 3 is 2.05 bits per heavy atom. The van der Waals surface area contributed by atoms with Gasteiger partial charge in [-0.3, -0.25) is 10.7 Å². The minimum absolute atomic E-state index is 0.115. The summed E-state index contributed by atoms with van der Waals surface area (Å²) >= 11 is 1.42. The van der Waals surface area contributed by atoms with Crippen LogP contribution in [0.3, 0.4) is 0 Å². The lowest BCUT2D eigenvalue weighted by atomic mass is 10.3. The highest BCUT2D eigenvalue weighted by atomic mass is 32.2. The van der Waals surface area contributed by atoms with Gasteiger partial charge in [0.25, 0.3) is 0 Å². The van der Waals surface area contributed by atoms with Gasteiger partial charge < -0.3 is 4.90 Å². The van der Waals surface area contributed by atoms with Crippen molar-refractivity contribution >= 4 is 23.0 Å². The second-order valence-corrected chi connectivity index (χ2v) is 5.76. The van der Waals surface area contributed by atoms with Crippen LogP contribution in [0.2, 0.25) is 0 Å². The minimum atomic E-state index is -0.115. The largest absolute Gasteiger partial charge is 0.324 e. The Labute approximate surface area is 122 Å². The number of carbonyl (C=O) groups excluding carboxylic acids is 1. The van der Waals surface area contributed by atoms with Crippen LogP contribution in [0.15, 0.2) is 0 Å². The zero-order chi connectivity index (χ0) is 14.5. The maximum absolute atomic E-state index is 12.1. The van der Waals surface area contributed by atoms with Crippen LogP contribution in [-0.4, -0.2) is 34.9 Å². The molecule has 112 valence electrons. The molecule has 2 N–H and O–H groups in total. The number of carbonyl (C=O) groups is 1. The number of nitrogens with zero attached hydrogens (tertiary/aromatic N) is 1. The number of rotatable bonds is 9. The van der Waals surface area contributed by atoms with Crippen LogP contribution in [-0.2, 0) is 0 Å². The molecule has 0 fully saturated rings. The summed E-state index contributed by atoms with van der Waals surface area (Å²) in [6.07, 6.45) is 6.41. The maximum atomic E-state index is 12.1. The van der Waals surface area contributed by atoms with Crippen molar-refractivity contribution in [2.45, 2.75) is 59.3 Å². The van der Waals surface area contributed by atoms with E-state index in [4.69, 9.17) is 5.41 Å². The molecule has 0 saturated carbocycles. The first-order valence-electron chi connectivity index (χ1n) is 7.42. The second kappa shape index (κ2) is 12.3. The summed E-state index contributed by atoms with van der Waals surface area (Å²) in [5.74, 6) is 0.902. The van der Waals surface area contributed by atoms with Gasteiger partial charge in [-0.2, -0.15) is 0 Å². The molecule has 2 amide bonds. The van der Waals surface area contributed by atoms with Gasteiger partial charge in [0.15, 0.2) is 5.17 Å². The van der Waals surface area contributed by atoms with E-state index in [1.165, 1.54) is 11.8 Å². The van der Waals surface area contributed by atoms with E-state index >= 15 is 0 Å². The Hall–Kier alpha value is -0.710. The summed E-state index contributed by atoms with van der Waals surface area (Å²) in [5.41, 5.74) is 0. The summed E-state index contributed by atoms with van der Waals surface area (Å²) in [7, 11) is 0. The van der Waals surface area contributed by atoms with Gasteiger partial charge in [-0.05, 0) is 19.3 Å². The zero-order valence-electron chi connectivity index (χ0n) is 12.6. The molecule has 0 unspecified atom stereocenters. The third kappa shape index (κ3) is 9.82. The lowest BCUT2D eigenvalue weighted by Gasteiger charge is -2.22. The standard InChI is InChI=1S/C14H29N3OS/c1-4-7-10-17(11-8-5-2)14(18)16-13(15)19-12-9-6-3/h4-12H2,1-3H3,(H2,15,16,18). The highest BCUT2D eigenvalue weighted by Crippen LogP contribution is 2.06. The van der Waals surface area contributed by atoms with E-state index in [1.807, 2.05) is 4.90 Å². The van der Waals surface area contributed by atoms with E-state index in [1.54, 1.807) is 0 Å². The van der Waals surface area contributed by atoms with E-state index in [-0.39, 0.29) is 11.2 Å². The molecule has 0 atom stereocenters. The molecule has 19 heavy (non-hydrogen) atoms. The van der Waals surface area contributed by atoms with Gasteiger partial charge in [0.05, 0.1) is 0 Å². The van der Waals surface area contributed by atoms with Gasteiger partial charge in [-0.25, -0.2) is 4.79 Å². The Balaban J connectivity index is 4.09. The molecule has 0 aliphatic rings. The minimum Gasteiger partial charge on any atom is -0.324 e. The zero-order valence-corrected chi connectivity index (χ0v) is 13.4. The third-order valence-corrected chi connectivity index (χ3v) is 3.70. The molecule has 0 saturated heterocycles.